The molecule has 0 amide bonds. The predicted octanol–water partition coefficient (Wildman–Crippen LogP) is 3.14. The summed E-state index contributed by atoms with van der Waals surface area (Å²) in [6, 6.07) is 0. The minimum atomic E-state index is 0.546. The summed E-state index contributed by atoms with van der Waals surface area (Å²) in [5.41, 5.74) is 0.546. The largest absolute Gasteiger partial charge is 0.303 e. The zero-order chi connectivity index (χ0) is 9.90. The Kier molecular flexibility index (Phi) is 4.24. The Hall–Kier alpha value is 0.440. The van der Waals surface area contributed by atoms with Gasteiger partial charge in [-0.3, -0.25) is 0 Å². The molecule has 1 saturated heterocycles. The molecular formula is C11H22BrN. The maximum atomic E-state index is 3.54. The standard InChI is InChI=1S/C11H22BrN/c1-10(7-12)8-13-6-4-5-11(2,3)9-13/h10H,4-9H2,1-3H3. The van der Waals surface area contributed by atoms with Gasteiger partial charge in [0.05, 0.1) is 0 Å². The molecule has 2 heteroatoms. The van der Waals surface area contributed by atoms with Crippen LogP contribution in [-0.2, 0) is 0 Å². The normalized spacial score (nSPS) is 25.8. The lowest BCUT2D eigenvalue weighted by molar-refractivity contribution is 0.107. The van der Waals surface area contributed by atoms with E-state index in [-0.39, 0.29) is 0 Å². The molecule has 78 valence electrons. The lowest BCUT2D eigenvalue weighted by Gasteiger charge is -2.39. The first-order chi connectivity index (χ1) is 6.03. The van der Waals surface area contributed by atoms with E-state index < -0.39 is 0 Å². The summed E-state index contributed by atoms with van der Waals surface area (Å²) in [7, 11) is 0. The van der Waals surface area contributed by atoms with Crippen LogP contribution in [0.5, 0.6) is 0 Å². The molecule has 1 rings (SSSR count). The Bertz CT molecular complexity index is 156. The summed E-state index contributed by atoms with van der Waals surface area (Å²) in [6.45, 7) is 10.9. The van der Waals surface area contributed by atoms with Gasteiger partial charge in [-0.05, 0) is 30.7 Å². The molecule has 1 fully saturated rings. The number of likely N-dealkylation sites (tertiary alicyclic amines) is 1. The molecule has 0 N–H and O–H groups in total. The fourth-order valence-corrected chi connectivity index (χ4v) is 2.39. The van der Waals surface area contributed by atoms with Crippen molar-refractivity contribution in [3.8, 4) is 0 Å². The van der Waals surface area contributed by atoms with E-state index in [0.717, 1.165) is 11.2 Å². The minimum absolute atomic E-state index is 0.546. The third-order valence-electron chi connectivity index (χ3n) is 2.81. The van der Waals surface area contributed by atoms with Crippen molar-refractivity contribution in [1.82, 2.24) is 4.90 Å². The lowest BCUT2D eigenvalue weighted by atomic mass is 9.84. The van der Waals surface area contributed by atoms with Gasteiger partial charge in [-0.1, -0.05) is 36.7 Å². The Morgan fingerprint density at radius 3 is 2.69 bits per heavy atom. The van der Waals surface area contributed by atoms with E-state index in [9.17, 15) is 0 Å². The van der Waals surface area contributed by atoms with Gasteiger partial charge in [0, 0.05) is 18.4 Å². The highest BCUT2D eigenvalue weighted by atomic mass is 79.9. The summed E-state index contributed by atoms with van der Waals surface area (Å²) < 4.78 is 0. The number of rotatable bonds is 3. The van der Waals surface area contributed by atoms with E-state index in [0.29, 0.717) is 5.41 Å². The van der Waals surface area contributed by atoms with Gasteiger partial charge in [0.1, 0.15) is 0 Å². The smallest absolute Gasteiger partial charge is 0.00692 e. The van der Waals surface area contributed by atoms with E-state index in [1.807, 2.05) is 0 Å². The molecule has 0 radical (unpaired) electrons. The molecule has 1 unspecified atom stereocenters. The number of alkyl halides is 1. The molecule has 0 aliphatic carbocycles. The Morgan fingerprint density at radius 2 is 2.15 bits per heavy atom. The molecule has 0 spiro atoms. The van der Waals surface area contributed by atoms with Crippen LogP contribution in [0.25, 0.3) is 0 Å². The second kappa shape index (κ2) is 4.79. The minimum Gasteiger partial charge on any atom is -0.303 e. The third-order valence-corrected chi connectivity index (χ3v) is 3.92. The van der Waals surface area contributed by atoms with Crippen molar-refractivity contribution in [2.45, 2.75) is 33.6 Å². The van der Waals surface area contributed by atoms with Gasteiger partial charge in [-0.15, -0.1) is 0 Å². The highest BCUT2D eigenvalue weighted by molar-refractivity contribution is 9.09. The topological polar surface area (TPSA) is 3.24 Å². The van der Waals surface area contributed by atoms with Gasteiger partial charge >= 0.3 is 0 Å². The molecule has 1 aliphatic rings. The molecule has 1 nitrogen and oxygen atoms in total. The predicted molar refractivity (Wildman–Crippen MR) is 62.4 cm³/mol. The van der Waals surface area contributed by atoms with E-state index >= 15 is 0 Å². The van der Waals surface area contributed by atoms with E-state index in [4.69, 9.17) is 0 Å². The zero-order valence-electron chi connectivity index (χ0n) is 9.15. The fourth-order valence-electron chi connectivity index (χ4n) is 2.19. The molecule has 0 saturated carbocycles. The van der Waals surface area contributed by atoms with Crippen molar-refractivity contribution in [2.75, 3.05) is 25.0 Å². The van der Waals surface area contributed by atoms with Gasteiger partial charge < -0.3 is 4.90 Å². The highest BCUT2D eigenvalue weighted by Gasteiger charge is 2.26. The number of piperidine rings is 1. The lowest BCUT2D eigenvalue weighted by Crippen LogP contribution is -2.42. The molecule has 0 bridgehead atoms. The van der Waals surface area contributed by atoms with Crippen molar-refractivity contribution < 1.29 is 0 Å². The highest BCUT2D eigenvalue weighted by Crippen LogP contribution is 2.28. The summed E-state index contributed by atoms with van der Waals surface area (Å²) in [5, 5.41) is 1.13. The van der Waals surface area contributed by atoms with Gasteiger partial charge in [0.15, 0.2) is 0 Å². The Morgan fingerprint density at radius 1 is 1.46 bits per heavy atom. The van der Waals surface area contributed by atoms with Crippen molar-refractivity contribution in [3.05, 3.63) is 0 Å². The van der Waals surface area contributed by atoms with Crippen molar-refractivity contribution in [3.63, 3.8) is 0 Å². The number of nitrogens with zero attached hydrogens (tertiary/aromatic N) is 1. The molecule has 0 aromatic rings. The van der Waals surface area contributed by atoms with Crippen LogP contribution in [-0.4, -0.2) is 29.9 Å². The average Bonchev–Trinajstić information content (AvgIpc) is 2.02. The number of halogens is 1. The maximum Gasteiger partial charge on any atom is 0.00692 e. The van der Waals surface area contributed by atoms with Gasteiger partial charge in [-0.25, -0.2) is 0 Å². The van der Waals surface area contributed by atoms with Crippen LogP contribution in [0.1, 0.15) is 33.6 Å². The molecule has 1 aliphatic heterocycles. The average molecular weight is 248 g/mol. The van der Waals surface area contributed by atoms with Crippen molar-refractivity contribution in [1.29, 1.82) is 0 Å². The van der Waals surface area contributed by atoms with E-state index in [2.05, 4.69) is 41.6 Å². The molecular weight excluding hydrogens is 226 g/mol. The Balaban J connectivity index is 2.34. The maximum absolute atomic E-state index is 3.54. The second-order valence-electron chi connectivity index (χ2n) is 5.26. The SMILES string of the molecule is CC(CBr)CN1CCCC(C)(C)C1. The van der Waals surface area contributed by atoms with Crippen molar-refractivity contribution in [2.24, 2.45) is 11.3 Å². The van der Waals surface area contributed by atoms with E-state index in [1.54, 1.807) is 0 Å². The fraction of sp³-hybridized carbons (Fsp3) is 1.00. The van der Waals surface area contributed by atoms with Crippen LogP contribution < -0.4 is 0 Å². The Labute approximate surface area is 91.0 Å². The van der Waals surface area contributed by atoms with Gasteiger partial charge in [-0.2, -0.15) is 0 Å². The molecule has 0 aromatic carbocycles. The van der Waals surface area contributed by atoms with Gasteiger partial charge in [0.25, 0.3) is 0 Å². The zero-order valence-corrected chi connectivity index (χ0v) is 10.7. The first-order valence-electron chi connectivity index (χ1n) is 5.32. The van der Waals surface area contributed by atoms with Crippen LogP contribution in [0.3, 0.4) is 0 Å². The van der Waals surface area contributed by atoms with Crippen LogP contribution in [0.4, 0.5) is 0 Å². The van der Waals surface area contributed by atoms with Gasteiger partial charge in [0.2, 0.25) is 0 Å². The number of hydrogen-bond acceptors (Lipinski definition) is 1. The van der Waals surface area contributed by atoms with E-state index in [1.165, 1.54) is 32.5 Å². The van der Waals surface area contributed by atoms with Crippen molar-refractivity contribution >= 4 is 15.9 Å². The summed E-state index contributed by atoms with van der Waals surface area (Å²) in [6.07, 6.45) is 2.77. The first-order valence-corrected chi connectivity index (χ1v) is 6.44. The first kappa shape index (κ1) is 11.5. The summed E-state index contributed by atoms with van der Waals surface area (Å²) in [4.78, 5) is 2.62. The van der Waals surface area contributed by atoms with Crippen LogP contribution in [0, 0.1) is 11.3 Å². The van der Waals surface area contributed by atoms with Crippen LogP contribution in [0.15, 0.2) is 0 Å². The molecule has 1 heterocycles. The third kappa shape index (κ3) is 3.99. The molecule has 1 atom stereocenters. The molecule has 0 aromatic heterocycles. The second-order valence-corrected chi connectivity index (χ2v) is 5.91. The summed E-state index contributed by atoms with van der Waals surface area (Å²) >= 11 is 3.54. The monoisotopic (exact) mass is 247 g/mol. The molecule has 13 heavy (non-hydrogen) atoms. The van der Waals surface area contributed by atoms with Crippen LogP contribution in [0.2, 0.25) is 0 Å². The van der Waals surface area contributed by atoms with Crippen LogP contribution >= 0.6 is 15.9 Å². The summed E-state index contributed by atoms with van der Waals surface area (Å²) in [5.74, 6) is 0.786. The number of hydrogen-bond donors (Lipinski definition) is 0. The quantitative estimate of drug-likeness (QED) is 0.693.